The molecule has 0 saturated heterocycles. The number of hydrogen-bond acceptors (Lipinski definition) is 4. The lowest BCUT2D eigenvalue weighted by atomic mass is 9.92. The van der Waals surface area contributed by atoms with Crippen molar-refractivity contribution in [2.24, 2.45) is 0 Å². The number of aryl methyl sites for hydroxylation is 2. The van der Waals surface area contributed by atoms with Crippen molar-refractivity contribution in [3.8, 4) is 0 Å². The van der Waals surface area contributed by atoms with Crippen molar-refractivity contribution in [3.05, 3.63) is 59.2 Å². The predicted molar refractivity (Wildman–Crippen MR) is 106 cm³/mol. The molecule has 0 saturated carbocycles. The maximum Gasteiger partial charge on any atom is 0.414 e. The summed E-state index contributed by atoms with van der Waals surface area (Å²) in [5, 5.41) is 14.8. The first-order valence-electron chi connectivity index (χ1n) is 8.85. The number of nitrogens with zero attached hydrogens (tertiary/aromatic N) is 1. The standard InChI is InChI=1S/C19H23NS.C2H2O4/c1-20(2)14-17-9-5-6-10-19(17)21-18-12-11-15-7-3-4-8-16(15)13-18;3-1(4)2(5)6/h5-6,9-13H,3-4,7-8,14H2,1-2H3;(H,3,4)(H,5,6). The monoisotopic (exact) mass is 387 g/mol. The summed E-state index contributed by atoms with van der Waals surface area (Å²) in [5.74, 6) is -3.65. The van der Waals surface area contributed by atoms with Crippen molar-refractivity contribution < 1.29 is 19.8 Å². The lowest BCUT2D eigenvalue weighted by Gasteiger charge is -2.17. The van der Waals surface area contributed by atoms with Crippen molar-refractivity contribution in [1.29, 1.82) is 0 Å². The van der Waals surface area contributed by atoms with Crippen LogP contribution < -0.4 is 0 Å². The van der Waals surface area contributed by atoms with Gasteiger partial charge in [0.25, 0.3) is 0 Å². The fourth-order valence-corrected chi connectivity index (χ4v) is 3.98. The van der Waals surface area contributed by atoms with Gasteiger partial charge in [0.15, 0.2) is 0 Å². The van der Waals surface area contributed by atoms with Gasteiger partial charge in [-0.1, -0.05) is 36.0 Å². The van der Waals surface area contributed by atoms with E-state index in [2.05, 4.69) is 61.5 Å². The van der Waals surface area contributed by atoms with E-state index in [1.54, 1.807) is 11.1 Å². The van der Waals surface area contributed by atoms with Gasteiger partial charge in [-0.25, -0.2) is 9.59 Å². The Bertz CT molecular complexity index is 793. The quantitative estimate of drug-likeness (QED) is 0.774. The van der Waals surface area contributed by atoms with Gasteiger partial charge in [0, 0.05) is 16.3 Å². The predicted octanol–water partition coefficient (Wildman–Crippen LogP) is 3.93. The molecular weight excluding hydrogens is 362 g/mol. The summed E-state index contributed by atoms with van der Waals surface area (Å²) >= 11 is 1.90. The number of carboxylic acid groups (broad SMARTS) is 2. The van der Waals surface area contributed by atoms with E-state index in [9.17, 15) is 0 Å². The zero-order valence-corrected chi connectivity index (χ0v) is 16.5. The first-order chi connectivity index (χ1) is 12.9. The third-order valence-corrected chi connectivity index (χ3v) is 5.30. The number of aliphatic carboxylic acids is 2. The van der Waals surface area contributed by atoms with E-state index in [1.807, 2.05) is 11.8 Å². The van der Waals surface area contributed by atoms with Crippen LogP contribution in [0.15, 0.2) is 52.3 Å². The average molecular weight is 388 g/mol. The highest BCUT2D eigenvalue weighted by molar-refractivity contribution is 7.99. The van der Waals surface area contributed by atoms with Gasteiger partial charge >= 0.3 is 11.9 Å². The van der Waals surface area contributed by atoms with E-state index < -0.39 is 11.9 Å². The molecule has 0 aromatic heterocycles. The zero-order chi connectivity index (χ0) is 19.8. The molecule has 0 atom stereocenters. The minimum atomic E-state index is -1.82. The normalized spacial score (nSPS) is 12.7. The molecule has 0 amide bonds. The highest BCUT2D eigenvalue weighted by atomic mass is 32.2. The summed E-state index contributed by atoms with van der Waals surface area (Å²) in [6.45, 7) is 0.994. The van der Waals surface area contributed by atoms with Gasteiger partial charge in [0.1, 0.15) is 0 Å². The molecule has 0 fully saturated rings. The number of rotatable bonds is 4. The Labute approximate surface area is 164 Å². The van der Waals surface area contributed by atoms with Crippen LogP contribution in [0.2, 0.25) is 0 Å². The number of carbonyl (C=O) groups is 2. The molecule has 5 nitrogen and oxygen atoms in total. The molecule has 2 aromatic carbocycles. The van der Waals surface area contributed by atoms with Gasteiger partial charge in [-0.3, -0.25) is 0 Å². The number of hydrogen-bond donors (Lipinski definition) is 2. The maximum absolute atomic E-state index is 9.10. The van der Waals surface area contributed by atoms with E-state index in [1.165, 1.54) is 41.0 Å². The van der Waals surface area contributed by atoms with Crippen LogP contribution in [0.1, 0.15) is 29.5 Å². The molecular formula is C21H25NO4S. The summed E-state index contributed by atoms with van der Waals surface area (Å²) < 4.78 is 0. The molecule has 1 aliphatic carbocycles. The van der Waals surface area contributed by atoms with Crippen LogP contribution in [0.3, 0.4) is 0 Å². The lowest BCUT2D eigenvalue weighted by molar-refractivity contribution is -0.159. The van der Waals surface area contributed by atoms with Crippen LogP contribution in [-0.4, -0.2) is 41.1 Å². The second kappa shape index (κ2) is 10.1. The molecule has 2 aromatic rings. The Morgan fingerprint density at radius 3 is 2.22 bits per heavy atom. The minimum Gasteiger partial charge on any atom is -0.473 e. The number of benzene rings is 2. The van der Waals surface area contributed by atoms with E-state index in [-0.39, 0.29) is 0 Å². The highest BCUT2D eigenvalue weighted by Gasteiger charge is 2.11. The molecule has 27 heavy (non-hydrogen) atoms. The van der Waals surface area contributed by atoms with Gasteiger partial charge in [-0.15, -0.1) is 0 Å². The Morgan fingerprint density at radius 2 is 1.59 bits per heavy atom. The third kappa shape index (κ3) is 6.73. The Kier molecular flexibility index (Phi) is 7.88. The molecule has 0 radical (unpaired) electrons. The number of carboxylic acids is 2. The van der Waals surface area contributed by atoms with Gasteiger partial charge in [-0.05, 0) is 74.7 Å². The molecule has 2 N–H and O–H groups in total. The topological polar surface area (TPSA) is 77.8 Å². The second-order valence-electron chi connectivity index (χ2n) is 6.70. The Balaban J connectivity index is 0.000000380. The molecule has 0 aliphatic heterocycles. The summed E-state index contributed by atoms with van der Waals surface area (Å²) in [6.07, 6.45) is 5.21. The first-order valence-corrected chi connectivity index (χ1v) is 9.67. The van der Waals surface area contributed by atoms with Crippen molar-refractivity contribution in [2.45, 2.75) is 42.0 Å². The highest BCUT2D eigenvalue weighted by Crippen LogP contribution is 2.33. The fraction of sp³-hybridized carbons (Fsp3) is 0.333. The largest absolute Gasteiger partial charge is 0.473 e. The van der Waals surface area contributed by atoms with Crippen LogP contribution in [0.4, 0.5) is 0 Å². The van der Waals surface area contributed by atoms with E-state index >= 15 is 0 Å². The molecule has 0 heterocycles. The average Bonchev–Trinajstić information content (AvgIpc) is 2.63. The van der Waals surface area contributed by atoms with Crippen molar-refractivity contribution in [3.63, 3.8) is 0 Å². The molecule has 3 rings (SSSR count). The van der Waals surface area contributed by atoms with E-state index in [4.69, 9.17) is 19.8 Å². The zero-order valence-electron chi connectivity index (χ0n) is 15.6. The minimum absolute atomic E-state index is 0.994. The lowest BCUT2D eigenvalue weighted by Crippen LogP contribution is -2.11. The van der Waals surface area contributed by atoms with Crippen LogP contribution in [0, 0.1) is 0 Å². The number of fused-ring (bicyclic) bond motifs is 1. The summed E-state index contributed by atoms with van der Waals surface area (Å²) in [7, 11) is 4.25. The molecule has 1 aliphatic rings. The summed E-state index contributed by atoms with van der Waals surface area (Å²) in [5.41, 5.74) is 4.54. The fourth-order valence-electron chi connectivity index (χ4n) is 2.97. The van der Waals surface area contributed by atoms with Crippen molar-refractivity contribution in [1.82, 2.24) is 4.90 Å². The molecule has 0 unspecified atom stereocenters. The second-order valence-corrected chi connectivity index (χ2v) is 7.81. The maximum atomic E-state index is 9.10. The molecule has 144 valence electrons. The van der Waals surface area contributed by atoms with Gasteiger partial charge in [0.05, 0.1) is 0 Å². The summed E-state index contributed by atoms with van der Waals surface area (Å²) in [4.78, 5) is 23.2. The smallest absolute Gasteiger partial charge is 0.414 e. The van der Waals surface area contributed by atoms with Gasteiger partial charge in [-0.2, -0.15) is 0 Å². The SMILES string of the molecule is CN(C)Cc1ccccc1Sc1ccc2c(c1)CCCC2.O=C(O)C(=O)O. The first kappa shape index (κ1) is 21.0. The Hall–Kier alpha value is -2.31. The van der Waals surface area contributed by atoms with Crippen molar-refractivity contribution >= 4 is 23.7 Å². The Morgan fingerprint density at radius 1 is 0.963 bits per heavy atom. The van der Waals surface area contributed by atoms with Crippen LogP contribution in [0.25, 0.3) is 0 Å². The van der Waals surface area contributed by atoms with E-state index in [0.29, 0.717) is 0 Å². The summed E-state index contributed by atoms with van der Waals surface area (Å²) in [6, 6.07) is 15.8. The third-order valence-electron chi connectivity index (χ3n) is 4.19. The molecule has 0 bridgehead atoms. The van der Waals surface area contributed by atoms with Crippen LogP contribution in [-0.2, 0) is 29.0 Å². The van der Waals surface area contributed by atoms with Crippen LogP contribution >= 0.6 is 11.8 Å². The van der Waals surface area contributed by atoms with Crippen molar-refractivity contribution in [2.75, 3.05) is 14.1 Å². The van der Waals surface area contributed by atoms with E-state index in [0.717, 1.165) is 6.54 Å². The molecule has 0 spiro atoms. The van der Waals surface area contributed by atoms with Gasteiger partial charge < -0.3 is 15.1 Å². The molecule has 6 heteroatoms. The van der Waals surface area contributed by atoms with Gasteiger partial charge in [0.2, 0.25) is 0 Å². The van der Waals surface area contributed by atoms with Crippen LogP contribution in [0.5, 0.6) is 0 Å².